The van der Waals surface area contributed by atoms with Gasteiger partial charge in [0.25, 0.3) is 5.91 Å². The van der Waals surface area contributed by atoms with Crippen LogP contribution in [-0.2, 0) is 23.7 Å². The van der Waals surface area contributed by atoms with Gasteiger partial charge in [0.05, 0.1) is 23.0 Å². The van der Waals surface area contributed by atoms with Gasteiger partial charge in [-0.15, -0.1) is 0 Å². The fourth-order valence-electron chi connectivity index (χ4n) is 7.54. The van der Waals surface area contributed by atoms with E-state index in [9.17, 15) is 4.79 Å². The molecule has 4 bridgehead atoms. The molecule has 1 aromatic carbocycles. The van der Waals surface area contributed by atoms with Gasteiger partial charge in [-0.05, 0) is 104 Å². The van der Waals surface area contributed by atoms with Crippen molar-refractivity contribution < 1.29 is 4.79 Å². The third-order valence-corrected chi connectivity index (χ3v) is 11.2. The van der Waals surface area contributed by atoms with Gasteiger partial charge in [-0.1, -0.05) is 84.9 Å². The van der Waals surface area contributed by atoms with E-state index in [2.05, 4.69) is 126 Å². The number of carbonyl (C=O) groups excluding carboxylic acids is 1. The van der Waals surface area contributed by atoms with Gasteiger partial charge in [-0.2, -0.15) is 0 Å². The minimum atomic E-state index is -0.197. The van der Waals surface area contributed by atoms with E-state index in [4.69, 9.17) is 15.0 Å². The van der Waals surface area contributed by atoms with Crippen LogP contribution in [0.15, 0.2) is 78.0 Å². The Morgan fingerprint density at radius 1 is 0.920 bits per heavy atom. The highest BCUT2D eigenvalue weighted by Crippen LogP contribution is 2.44. The molecule has 2 aliphatic rings. The number of fused-ring (bicyclic) bond motifs is 6. The van der Waals surface area contributed by atoms with Crippen LogP contribution in [0.4, 0.5) is 11.6 Å². The Morgan fingerprint density at radius 2 is 1.68 bits per heavy atom. The van der Waals surface area contributed by atoms with Gasteiger partial charge in [-0.3, -0.25) is 14.5 Å². The van der Waals surface area contributed by atoms with Crippen LogP contribution in [-0.4, -0.2) is 32.9 Å². The third kappa shape index (κ3) is 8.01. The molecule has 3 atom stereocenters. The molecule has 1 unspecified atom stereocenters. The molecule has 3 aromatic heterocycles. The summed E-state index contributed by atoms with van der Waals surface area (Å²) in [6.45, 7) is 21.2. The van der Waals surface area contributed by atoms with Gasteiger partial charge in [0.2, 0.25) is 0 Å². The summed E-state index contributed by atoms with van der Waals surface area (Å²) in [4.78, 5) is 32.0. The number of benzene rings is 1. The van der Waals surface area contributed by atoms with Gasteiger partial charge in [0.15, 0.2) is 0 Å². The molecule has 0 aliphatic carbocycles. The largest absolute Gasteiger partial charge is 0.362 e. The first-order valence-electron chi connectivity index (χ1n) is 18.1. The van der Waals surface area contributed by atoms with Crippen molar-refractivity contribution in [2.45, 2.75) is 115 Å². The molecule has 1 saturated heterocycles. The van der Waals surface area contributed by atoms with Gasteiger partial charge in [0.1, 0.15) is 16.7 Å². The number of rotatable bonds is 4. The number of anilines is 2. The number of nitrogens with zero attached hydrogens (tertiary/aromatic N) is 4. The number of carbonyl (C=O) groups is 1. The molecule has 4 aromatic rings. The van der Waals surface area contributed by atoms with Crippen molar-refractivity contribution >= 4 is 29.5 Å². The Kier molecular flexibility index (Phi) is 10.1. The molecule has 0 radical (unpaired) electrons. The van der Waals surface area contributed by atoms with Crippen molar-refractivity contribution in [2.75, 3.05) is 16.8 Å². The average Bonchev–Trinajstić information content (AvgIpc) is 3.39. The Hall–Kier alpha value is -3.91. The number of aromatic nitrogens is 3. The lowest BCUT2D eigenvalue weighted by Crippen LogP contribution is -2.41. The van der Waals surface area contributed by atoms with Crippen LogP contribution in [0.25, 0.3) is 0 Å². The molecule has 0 spiro atoms. The first-order valence-corrected chi connectivity index (χ1v) is 18.9. The zero-order valence-corrected chi connectivity index (χ0v) is 32.1. The van der Waals surface area contributed by atoms with E-state index >= 15 is 0 Å². The lowest BCUT2D eigenvalue weighted by molar-refractivity contribution is 0.0984. The summed E-state index contributed by atoms with van der Waals surface area (Å²) in [5.41, 5.74) is 6.00. The van der Waals surface area contributed by atoms with Gasteiger partial charge in [0, 0.05) is 35.6 Å². The van der Waals surface area contributed by atoms with E-state index in [1.807, 2.05) is 24.4 Å². The molecular weight excluding hydrogens is 637 g/mol. The molecule has 264 valence electrons. The average molecular weight is 691 g/mol. The second-order valence-electron chi connectivity index (χ2n) is 17.0. The predicted octanol–water partition coefficient (Wildman–Crippen LogP) is 9.49. The van der Waals surface area contributed by atoms with Crippen molar-refractivity contribution in [1.82, 2.24) is 19.7 Å². The Bertz CT molecular complexity index is 1830. The van der Waals surface area contributed by atoms with Crippen LogP contribution in [0.3, 0.4) is 0 Å². The normalized spacial score (nSPS) is 21.0. The lowest BCUT2D eigenvalue weighted by atomic mass is 9.82. The molecule has 7 nitrogen and oxygen atoms in total. The van der Waals surface area contributed by atoms with Crippen LogP contribution in [0.5, 0.6) is 0 Å². The molecule has 0 saturated carbocycles. The fraction of sp³-hybridized carbons (Fsp3) is 0.476. The highest BCUT2D eigenvalue weighted by Gasteiger charge is 2.43. The Balaban J connectivity index is 1.43. The molecule has 2 N–H and O–H groups in total. The van der Waals surface area contributed by atoms with E-state index in [1.165, 1.54) is 23.1 Å². The highest BCUT2D eigenvalue weighted by molar-refractivity contribution is 7.97. The highest BCUT2D eigenvalue weighted by atomic mass is 32.2. The predicted molar refractivity (Wildman–Crippen MR) is 207 cm³/mol. The summed E-state index contributed by atoms with van der Waals surface area (Å²) in [6, 6.07) is 23.0. The van der Waals surface area contributed by atoms with Crippen molar-refractivity contribution in [1.29, 1.82) is 0 Å². The number of amides is 1. The maximum atomic E-state index is 14.3. The van der Waals surface area contributed by atoms with Crippen molar-refractivity contribution in [3.63, 3.8) is 0 Å². The maximum absolute atomic E-state index is 14.3. The molecule has 2 aliphatic heterocycles. The van der Waals surface area contributed by atoms with E-state index in [1.54, 1.807) is 0 Å². The first-order chi connectivity index (χ1) is 23.6. The summed E-state index contributed by atoms with van der Waals surface area (Å²) in [7, 11) is 0. The molecule has 6 rings (SSSR count). The SMILES string of the molecule is C[C@H]1CC(c2cc(C(C)(C)C)ccn2)Nc2cccc(n2)SNC(=O)c2cc(CCc3ccccc3)c(C(C)(C)C)nc2N2C[C@@H]1CC2(C)C. The van der Waals surface area contributed by atoms with Crippen LogP contribution in [0, 0.1) is 11.8 Å². The summed E-state index contributed by atoms with van der Waals surface area (Å²) in [6.07, 6.45) is 5.53. The smallest absolute Gasteiger partial charge is 0.265 e. The van der Waals surface area contributed by atoms with Crippen LogP contribution in [0.1, 0.15) is 120 Å². The van der Waals surface area contributed by atoms with Crippen LogP contribution < -0.4 is 14.9 Å². The topological polar surface area (TPSA) is 83.0 Å². The van der Waals surface area contributed by atoms with E-state index in [-0.39, 0.29) is 28.3 Å². The molecular formula is C42H54N6OS. The zero-order valence-electron chi connectivity index (χ0n) is 31.3. The summed E-state index contributed by atoms with van der Waals surface area (Å²) in [5.74, 6) is 2.16. The number of pyridine rings is 3. The van der Waals surface area contributed by atoms with Crippen LogP contribution >= 0.6 is 11.9 Å². The minimum absolute atomic E-state index is 0.0137. The number of hydrogen-bond acceptors (Lipinski definition) is 7. The molecule has 50 heavy (non-hydrogen) atoms. The van der Waals surface area contributed by atoms with E-state index in [0.717, 1.165) is 60.8 Å². The van der Waals surface area contributed by atoms with Crippen molar-refractivity contribution in [2.24, 2.45) is 11.8 Å². The van der Waals surface area contributed by atoms with Crippen LogP contribution in [0.2, 0.25) is 0 Å². The molecule has 8 heteroatoms. The van der Waals surface area contributed by atoms with E-state index < -0.39 is 0 Å². The fourth-order valence-corrected chi connectivity index (χ4v) is 8.14. The summed E-state index contributed by atoms with van der Waals surface area (Å²) < 4.78 is 3.15. The van der Waals surface area contributed by atoms with Crippen molar-refractivity contribution in [3.05, 3.63) is 107 Å². The Morgan fingerprint density at radius 3 is 2.40 bits per heavy atom. The first kappa shape index (κ1) is 35.9. The third-order valence-electron chi connectivity index (χ3n) is 10.4. The van der Waals surface area contributed by atoms with E-state index in [0.29, 0.717) is 22.4 Å². The van der Waals surface area contributed by atoms with Gasteiger partial charge in [-0.25, -0.2) is 9.97 Å². The van der Waals surface area contributed by atoms with Gasteiger partial charge >= 0.3 is 0 Å². The van der Waals surface area contributed by atoms with Gasteiger partial charge < -0.3 is 10.2 Å². The lowest BCUT2D eigenvalue weighted by Gasteiger charge is -2.35. The summed E-state index contributed by atoms with van der Waals surface area (Å²) in [5, 5.41) is 4.47. The number of nitrogens with one attached hydrogen (secondary N) is 2. The monoisotopic (exact) mass is 690 g/mol. The number of hydrogen-bond donors (Lipinski definition) is 2. The standard InChI is InChI=1S/C42H54N6OS/c1-27-22-34(33-24-31(20-21-43-33)40(2,3)4)44-35-16-13-17-36(45-35)50-47-39(49)32-23-29(19-18-28-14-11-10-12-15-28)37(41(5,6)7)46-38(32)48-26-30(27)25-42(48,8)9/h10-17,20-21,23-24,27,30,34H,18-19,22,25-26H2,1-9H3,(H,44,45)(H,47,49)/t27-,30-,34?/m0/s1. The molecule has 1 fully saturated rings. The maximum Gasteiger partial charge on any atom is 0.265 e. The summed E-state index contributed by atoms with van der Waals surface area (Å²) >= 11 is 1.25. The quantitative estimate of drug-likeness (QED) is 0.207. The molecule has 5 heterocycles. The minimum Gasteiger partial charge on any atom is -0.362 e. The Labute approximate surface area is 303 Å². The number of aryl methyl sites for hydroxylation is 2. The van der Waals surface area contributed by atoms with Crippen molar-refractivity contribution in [3.8, 4) is 0 Å². The second-order valence-corrected chi connectivity index (χ2v) is 17.8. The zero-order chi connectivity index (χ0) is 35.8. The molecule has 1 amide bonds. The second kappa shape index (κ2) is 14.0.